The van der Waals surface area contributed by atoms with E-state index in [1.54, 1.807) is 0 Å². The maximum Gasteiger partial charge on any atom is 0.305 e. The van der Waals surface area contributed by atoms with Gasteiger partial charge in [-0.25, -0.2) is 0 Å². The van der Waals surface area contributed by atoms with Gasteiger partial charge in [0.15, 0.2) is 0 Å². The van der Waals surface area contributed by atoms with Gasteiger partial charge < -0.3 is 4.74 Å². The van der Waals surface area contributed by atoms with Gasteiger partial charge in [-0.05, 0) is 25.2 Å². The average molecular weight is 481 g/mol. The van der Waals surface area contributed by atoms with Gasteiger partial charge in [0.25, 0.3) is 0 Å². The Balaban J connectivity index is 3.91. The zero-order chi connectivity index (χ0) is 25.0. The molecule has 34 heavy (non-hydrogen) atoms. The highest BCUT2D eigenvalue weighted by Gasteiger charge is 2.12. The number of hydrogen-bond donors (Lipinski definition) is 0. The molecule has 2 nitrogen and oxygen atoms in total. The van der Waals surface area contributed by atoms with Gasteiger partial charge in [0.1, 0.15) is 0 Å². The number of ether oxygens (including phenoxy) is 1. The van der Waals surface area contributed by atoms with E-state index in [2.05, 4.69) is 20.8 Å². The zero-order valence-corrected chi connectivity index (χ0v) is 24.0. The number of unbranched alkanes of at least 4 members (excludes halogenated alkanes) is 20. The molecule has 0 spiro atoms. The highest BCUT2D eigenvalue weighted by Crippen LogP contribution is 2.20. The van der Waals surface area contributed by atoms with Crippen LogP contribution >= 0.6 is 0 Å². The van der Waals surface area contributed by atoms with Crippen LogP contribution < -0.4 is 0 Å². The third-order valence-corrected chi connectivity index (χ3v) is 7.40. The van der Waals surface area contributed by atoms with Crippen molar-refractivity contribution in [2.45, 2.75) is 188 Å². The summed E-state index contributed by atoms with van der Waals surface area (Å²) in [6.45, 7) is 7.50. The van der Waals surface area contributed by atoms with E-state index < -0.39 is 0 Å². The molecule has 0 rings (SSSR count). The molecule has 204 valence electrons. The Bertz CT molecular complexity index is 392. The smallest absolute Gasteiger partial charge is 0.305 e. The van der Waals surface area contributed by atoms with Crippen LogP contribution in [0.15, 0.2) is 0 Å². The summed E-state index contributed by atoms with van der Waals surface area (Å²) in [5, 5.41) is 0. The lowest BCUT2D eigenvalue weighted by Crippen LogP contribution is -2.14. The summed E-state index contributed by atoms with van der Waals surface area (Å²) in [6.07, 6.45) is 33.9. The first-order valence-corrected chi connectivity index (χ1v) is 15.9. The summed E-state index contributed by atoms with van der Waals surface area (Å²) >= 11 is 0. The van der Waals surface area contributed by atoms with Gasteiger partial charge in [-0.1, -0.05) is 162 Å². The standard InChI is InChI=1S/C32H64O2/c1-4-7-10-13-15-17-18-19-22-25-28-31(27-24-21-12-9-6-3)30-34-32(33)29-26-23-20-16-14-11-8-5-2/h31H,4-30H2,1-3H3. The van der Waals surface area contributed by atoms with Gasteiger partial charge >= 0.3 is 5.97 Å². The first kappa shape index (κ1) is 33.5. The average Bonchev–Trinajstić information content (AvgIpc) is 2.84. The van der Waals surface area contributed by atoms with Crippen LogP contribution in [0.1, 0.15) is 188 Å². The van der Waals surface area contributed by atoms with Gasteiger partial charge in [-0.3, -0.25) is 4.79 Å². The second-order valence-corrected chi connectivity index (χ2v) is 10.9. The molecule has 0 saturated heterocycles. The predicted octanol–water partition coefficient (Wildman–Crippen LogP) is 11.3. The Morgan fingerprint density at radius 2 is 0.794 bits per heavy atom. The summed E-state index contributed by atoms with van der Waals surface area (Å²) in [6, 6.07) is 0. The highest BCUT2D eigenvalue weighted by atomic mass is 16.5. The lowest BCUT2D eigenvalue weighted by atomic mass is 9.94. The molecule has 0 aliphatic rings. The van der Waals surface area contributed by atoms with Crippen LogP contribution in [0.25, 0.3) is 0 Å². The predicted molar refractivity (Wildman–Crippen MR) is 152 cm³/mol. The van der Waals surface area contributed by atoms with Gasteiger partial charge in [0.05, 0.1) is 6.61 Å². The summed E-state index contributed by atoms with van der Waals surface area (Å²) < 4.78 is 5.75. The van der Waals surface area contributed by atoms with Crippen LogP contribution in [0.5, 0.6) is 0 Å². The van der Waals surface area contributed by atoms with Crippen LogP contribution in [0, 0.1) is 5.92 Å². The van der Waals surface area contributed by atoms with Crippen molar-refractivity contribution < 1.29 is 9.53 Å². The van der Waals surface area contributed by atoms with E-state index in [4.69, 9.17) is 4.74 Å². The van der Waals surface area contributed by atoms with Crippen LogP contribution in [-0.2, 0) is 9.53 Å². The molecule has 0 aliphatic heterocycles. The summed E-state index contributed by atoms with van der Waals surface area (Å²) in [4.78, 5) is 12.3. The molecule has 0 aliphatic carbocycles. The molecule has 0 aromatic rings. The van der Waals surface area contributed by atoms with E-state index in [0.717, 1.165) is 6.42 Å². The third kappa shape index (κ3) is 26.1. The summed E-state index contributed by atoms with van der Waals surface area (Å²) in [7, 11) is 0. The number of esters is 1. The van der Waals surface area contributed by atoms with Crippen molar-refractivity contribution in [2.75, 3.05) is 6.61 Å². The van der Waals surface area contributed by atoms with Crippen molar-refractivity contribution in [3.05, 3.63) is 0 Å². The first-order chi connectivity index (χ1) is 16.7. The Labute approximate surface area is 215 Å². The van der Waals surface area contributed by atoms with E-state index in [9.17, 15) is 4.79 Å². The van der Waals surface area contributed by atoms with E-state index >= 15 is 0 Å². The molecule has 0 radical (unpaired) electrons. The fourth-order valence-corrected chi connectivity index (χ4v) is 4.95. The molecular weight excluding hydrogens is 416 g/mol. The van der Waals surface area contributed by atoms with Crippen molar-refractivity contribution in [2.24, 2.45) is 5.92 Å². The SMILES string of the molecule is CCCCCCCCCCCCC(CCCCCCC)COC(=O)CCCCCCCCCC. The van der Waals surface area contributed by atoms with Crippen molar-refractivity contribution >= 4 is 5.97 Å². The normalized spacial score (nSPS) is 12.2. The fraction of sp³-hybridized carbons (Fsp3) is 0.969. The fourth-order valence-electron chi connectivity index (χ4n) is 4.95. The Hall–Kier alpha value is -0.530. The number of rotatable bonds is 28. The molecule has 0 aromatic carbocycles. The number of hydrogen-bond acceptors (Lipinski definition) is 2. The molecule has 1 unspecified atom stereocenters. The Morgan fingerprint density at radius 3 is 1.18 bits per heavy atom. The number of carbonyl (C=O) groups is 1. The molecule has 0 heterocycles. The minimum atomic E-state index is 0.0463. The monoisotopic (exact) mass is 480 g/mol. The molecule has 1 atom stereocenters. The molecule has 0 bridgehead atoms. The molecule has 2 heteroatoms. The largest absolute Gasteiger partial charge is 0.465 e. The molecule has 0 saturated carbocycles. The second-order valence-electron chi connectivity index (χ2n) is 10.9. The van der Waals surface area contributed by atoms with Crippen molar-refractivity contribution in [3.63, 3.8) is 0 Å². The third-order valence-electron chi connectivity index (χ3n) is 7.40. The van der Waals surface area contributed by atoms with Crippen molar-refractivity contribution in [1.29, 1.82) is 0 Å². The van der Waals surface area contributed by atoms with Crippen LogP contribution in [-0.4, -0.2) is 12.6 Å². The van der Waals surface area contributed by atoms with Crippen molar-refractivity contribution in [3.8, 4) is 0 Å². The first-order valence-electron chi connectivity index (χ1n) is 15.9. The highest BCUT2D eigenvalue weighted by molar-refractivity contribution is 5.69. The second kappa shape index (κ2) is 28.7. The van der Waals surface area contributed by atoms with E-state index in [0.29, 0.717) is 18.9 Å². The van der Waals surface area contributed by atoms with Crippen LogP contribution in [0.4, 0.5) is 0 Å². The van der Waals surface area contributed by atoms with Crippen LogP contribution in [0.2, 0.25) is 0 Å². The maximum atomic E-state index is 12.3. The molecule has 0 amide bonds. The quantitative estimate of drug-likeness (QED) is 0.0821. The van der Waals surface area contributed by atoms with Crippen molar-refractivity contribution in [1.82, 2.24) is 0 Å². The molecule has 0 N–H and O–H groups in total. The zero-order valence-electron chi connectivity index (χ0n) is 24.0. The van der Waals surface area contributed by atoms with Gasteiger partial charge in [-0.2, -0.15) is 0 Å². The van der Waals surface area contributed by atoms with Gasteiger partial charge in [-0.15, -0.1) is 0 Å². The van der Waals surface area contributed by atoms with Crippen LogP contribution in [0.3, 0.4) is 0 Å². The Kier molecular flexibility index (Phi) is 28.3. The summed E-state index contributed by atoms with van der Waals surface area (Å²) in [5.74, 6) is 0.628. The van der Waals surface area contributed by atoms with E-state index in [-0.39, 0.29) is 5.97 Å². The maximum absolute atomic E-state index is 12.3. The molecule has 0 fully saturated rings. The molecular formula is C32H64O2. The Morgan fingerprint density at radius 1 is 0.471 bits per heavy atom. The molecule has 0 aromatic heterocycles. The van der Waals surface area contributed by atoms with Gasteiger partial charge in [0, 0.05) is 6.42 Å². The lowest BCUT2D eigenvalue weighted by molar-refractivity contribution is -0.145. The topological polar surface area (TPSA) is 26.3 Å². The lowest BCUT2D eigenvalue weighted by Gasteiger charge is -2.17. The van der Waals surface area contributed by atoms with E-state index in [1.807, 2.05) is 0 Å². The minimum Gasteiger partial charge on any atom is -0.465 e. The number of carbonyl (C=O) groups excluding carboxylic acids is 1. The summed E-state index contributed by atoms with van der Waals surface area (Å²) in [5.41, 5.74) is 0. The van der Waals surface area contributed by atoms with E-state index in [1.165, 1.54) is 154 Å². The minimum absolute atomic E-state index is 0.0463. The van der Waals surface area contributed by atoms with Gasteiger partial charge in [0.2, 0.25) is 0 Å².